The van der Waals surface area contributed by atoms with E-state index in [1.807, 2.05) is 0 Å². The summed E-state index contributed by atoms with van der Waals surface area (Å²) in [4.78, 5) is 2.38. The summed E-state index contributed by atoms with van der Waals surface area (Å²) in [5.74, 6) is 0. The summed E-state index contributed by atoms with van der Waals surface area (Å²) in [6.45, 7) is 0. The summed E-state index contributed by atoms with van der Waals surface area (Å²) >= 11 is 0. The molecule has 2 nitrogen and oxygen atoms in total. The fraction of sp³-hybridized carbons (Fsp3) is 0.0400. The number of allylic oxidation sites excluding steroid dienone is 1. The lowest BCUT2D eigenvalue weighted by atomic mass is 9.93. The predicted octanol–water partition coefficient (Wildman–Crippen LogP) is 13.7. The van der Waals surface area contributed by atoms with Gasteiger partial charge in [-0.25, -0.2) is 0 Å². The van der Waals surface area contributed by atoms with Crippen molar-refractivity contribution >= 4 is 55.7 Å². The van der Waals surface area contributed by atoms with Crippen LogP contribution in [-0.2, 0) is 6.42 Å². The topological polar surface area (TPSA) is 8.17 Å². The molecule has 0 saturated heterocycles. The van der Waals surface area contributed by atoms with Gasteiger partial charge in [0.1, 0.15) is 0 Å². The van der Waals surface area contributed by atoms with E-state index >= 15 is 0 Å². The molecule has 0 unspecified atom stereocenters. The highest BCUT2D eigenvalue weighted by atomic mass is 15.1. The van der Waals surface area contributed by atoms with E-state index in [1.54, 1.807) is 0 Å². The highest BCUT2D eigenvalue weighted by Gasteiger charge is 2.21. The van der Waals surface area contributed by atoms with E-state index in [1.165, 1.54) is 71.6 Å². The van der Waals surface area contributed by atoms with Gasteiger partial charge in [-0.2, -0.15) is 0 Å². The van der Waals surface area contributed by atoms with Gasteiger partial charge in [-0.15, -0.1) is 0 Å². The average Bonchev–Trinajstić information content (AvgIpc) is 3.56. The lowest BCUT2D eigenvalue weighted by Gasteiger charge is -2.26. The number of fused-ring (bicyclic) bond motifs is 6. The van der Waals surface area contributed by atoms with Crippen LogP contribution in [0, 0.1) is 0 Å². The Kier molecular flexibility index (Phi) is 7.32. The van der Waals surface area contributed by atoms with Crippen molar-refractivity contribution in [1.29, 1.82) is 0 Å². The lowest BCUT2D eigenvalue weighted by Crippen LogP contribution is -2.10. The normalized spacial score (nSPS) is 12.4. The number of para-hydroxylation sites is 1. The van der Waals surface area contributed by atoms with Gasteiger partial charge in [0.05, 0.1) is 16.7 Å². The molecule has 10 rings (SSSR count). The van der Waals surface area contributed by atoms with Crippen LogP contribution in [0.2, 0.25) is 0 Å². The largest absolute Gasteiger partial charge is 0.310 e. The van der Waals surface area contributed by atoms with Crippen LogP contribution < -0.4 is 4.90 Å². The smallest absolute Gasteiger partial charge is 0.0562 e. The second kappa shape index (κ2) is 12.6. The number of rotatable bonds is 6. The standard InChI is InChI=1S/C50H36N2/c1-3-12-35(13-4-1)36-22-24-37(25-23-36)38-26-29-42(30-27-38)51(41-17-5-2-6-18-41)43-31-32-46-49(34-43)52(47-21-11-16-39-14-7-9-19-44(39)47)48-33-28-40-15-8-10-20-45(40)50(46)48/h1-7,9-14,16-34H,8,15H2. The van der Waals surface area contributed by atoms with Crippen LogP contribution in [0.25, 0.3) is 66.6 Å². The molecule has 1 aliphatic carbocycles. The fourth-order valence-corrected chi connectivity index (χ4v) is 8.13. The van der Waals surface area contributed by atoms with E-state index in [9.17, 15) is 0 Å². The van der Waals surface area contributed by atoms with Gasteiger partial charge >= 0.3 is 0 Å². The molecule has 2 heteroatoms. The lowest BCUT2D eigenvalue weighted by molar-refractivity contribution is 0.989. The molecule has 0 bridgehead atoms. The molecule has 8 aromatic carbocycles. The Labute approximate surface area is 304 Å². The quantitative estimate of drug-likeness (QED) is 0.172. The predicted molar refractivity (Wildman–Crippen MR) is 221 cm³/mol. The summed E-state index contributed by atoms with van der Waals surface area (Å²) in [6, 6.07) is 66.2. The number of nitrogens with zero attached hydrogens (tertiary/aromatic N) is 2. The minimum absolute atomic E-state index is 1.08. The molecular weight excluding hydrogens is 629 g/mol. The maximum Gasteiger partial charge on any atom is 0.0562 e. The van der Waals surface area contributed by atoms with Gasteiger partial charge in [0, 0.05) is 33.2 Å². The average molecular weight is 665 g/mol. The molecule has 52 heavy (non-hydrogen) atoms. The van der Waals surface area contributed by atoms with E-state index < -0.39 is 0 Å². The van der Waals surface area contributed by atoms with Crippen molar-refractivity contribution in [1.82, 2.24) is 4.57 Å². The van der Waals surface area contributed by atoms with Crippen LogP contribution in [0.4, 0.5) is 17.1 Å². The molecule has 246 valence electrons. The summed E-state index contributed by atoms with van der Waals surface area (Å²) in [7, 11) is 0. The van der Waals surface area contributed by atoms with Gasteiger partial charge in [-0.1, -0.05) is 146 Å². The van der Waals surface area contributed by atoms with Gasteiger partial charge in [0.15, 0.2) is 0 Å². The molecule has 0 aliphatic heterocycles. The molecule has 1 aliphatic rings. The molecule has 0 fully saturated rings. The first-order chi connectivity index (χ1) is 25.8. The Balaban J connectivity index is 1.14. The van der Waals surface area contributed by atoms with Crippen molar-refractivity contribution < 1.29 is 0 Å². The maximum absolute atomic E-state index is 2.49. The molecule has 0 spiro atoms. The third-order valence-electron chi connectivity index (χ3n) is 10.6. The van der Waals surface area contributed by atoms with Crippen molar-refractivity contribution in [2.75, 3.05) is 4.90 Å². The van der Waals surface area contributed by atoms with E-state index in [-0.39, 0.29) is 0 Å². The van der Waals surface area contributed by atoms with Crippen LogP contribution in [0.1, 0.15) is 17.5 Å². The first-order valence-electron chi connectivity index (χ1n) is 18.2. The third kappa shape index (κ3) is 5.11. The van der Waals surface area contributed by atoms with Gasteiger partial charge in [0.25, 0.3) is 0 Å². The first-order valence-corrected chi connectivity index (χ1v) is 18.2. The summed E-state index contributed by atoms with van der Waals surface area (Å²) in [6.07, 6.45) is 6.84. The highest BCUT2D eigenvalue weighted by molar-refractivity contribution is 6.15. The number of anilines is 3. The zero-order valence-corrected chi connectivity index (χ0v) is 28.8. The van der Waals surface area contributed by atoms with Crippen molar-refractivity contribution in [2.24, 2.45) is 0 Å². The van der Waals surface area contributed by atoms with Crippen LogP contribution in [0.5, 0.6) is 0 Å². The maximum atomic E-state index is 2.49. The molecule has 1 heterocycles. The van der Waals surface area contributed by atoms with Crippen LogP contribution in [0.3, 0.4) is 0 Å². The summed E-state index contributed by atoms with van der Waals surface area (Å²) < 4.78 is 2.49. The Morgan fingerprint density at radius 3 is 1.83 bits per heavy atom. The Bertz CT molecular complexity index is 2750. The van der Waals surface area contributed by atoms with Crippen LogP contribution in [-0.4, -0.2) is 4.57 Å². The number of hydrogen-bond acceptors (Lipinski definition) is 1. The Morgan fingerprint density at radius 2 is 1.06 bits per heavy atom. The van der Waals surface area contributed by atoms with Crippen molar-refractivity contribution in [3.63, 3.8) is 0 Å². The first kappa shape index (κ1) is 30.2. The molecule has 0 saturated carbocycles. The fourth-order valence-electron chi connectivity index (χ4n) is 8.13. The van der Waals surface area contributed by atoms with E-state index in [0.29, 0.717) is 0 Å². The van der Waals surface area contributed by atoms with Crippen molar-refractivity contribution in [3.8, 4) is 27.9 Å². The van der Waals surface area contributed by atoms with Gasteiger partial charge in [-0.3, -0.25) is 0 Å². The SMILES string of the molecule is C1=Cc2c(ccc3c2c2ccc(N(c4ccccc4)c4ccc(-c5ccc(-c6ccccc6)cc5)cc4)cc2n3-c2cccc3ccccc23)CC1. The number of benzene rings is 8. The minimum Gasteiger partial charge on any atom is -0.310 e. The number of aromatic nitrogens is 1. The summed E-state index contributed by atoms with van der Waals surface area (Å²) in [5.41, 5.74) is 14.6. The summed E-state index contributed by atoms with van der Waals surface area (Å²) in [5, 5.41) is 5.09. The molecule has 0 N–H and O–H groups in total. The van der Waals surface area contributed by atoms with Gasteiger partial charge in [0.2, 0.25) is 0 Å². The van der Waals surface area contributed by atoms with E-state index in [2.05, 4.69) is 204 Å². The zero-order valence-electron chi connectivity index (χ0n) is 28.8. The molecular formula is C50H36N2. The minimum atomic E-state index is 1.08. The molecule has 0 radical (unpaired) electrons. The van der Waals surface area contributed by atoms with Crippen molar-refractivity contribution in [3.05, 3.63) is 199 Å². The van der Waals surface area contributed by atoms with E-state index in [0.717, 1.165) is 29.9 Å². The number of hydrogen-bond donors (Lipinski definition) is 0. The van der Waals surface area contributed by atoms with Crippen LogP contribution in [0.15, 0.2) is 188 Å². The molecule has 0 atom stereocenters. The Hall–Kier alpha value is -6.64. The zero-order chi connectivity index (χ0) is 34.4. The second-order valence-electron chi connectivity index (χ2n) is 13.7. The number of aryl methyl sites for hydroxylation is 1. The van der Waals surface area contributed by atoms with Gasteiger partial charge < -0.3 is 9.47 Å². The molecule has 9 aromatic rings. The third-order valence-corrected chi connectivity index (χ3v) is 10.6. The molecule has 1 aromatic heterocycles. The monoisotopic (exact) mass is 664 g/mol. The van der Waals surface area contributed by atoms with Crippen LogP contribution >= 0.6 is 0 Å². The highest BCUT2D eigenvalue weighted by Crippen LogP contribution is 2.43. The van der Waals surface area contributed by atoms with E-state index in [4.69, 9.17) is 0 Å². The van der Waals surface area contributed by atoms with Gasteiger partial charge in [-0.05, 0) is 100 Å². The van der Waals surface area contributed by atoms with Crippen molar-refractivity contribution in [2.45, 2.75) is 12.8 Å². The molecule has 0 amide bonds. The Morgan fingerprint density at radius 1 is 0.442 bits per heavy atom. The second-order valence-corrected chi connectivity index (χ2v) is 13.7.